The van der Waals surface area contributed by atoms with Crippen LogP contribution in [-0.4, -0.2) is 31.4 Å². The minimum atomic E-state index is -0.559. The summed E-state index contributed by atoms with van der Waals surface area (Å²) in [5, 5.41) is 13.5. The van der Waals surface area contributed by atoms with Gasteiger partial charge in [-0.2, -0.15) is 0 Å². The fourth-order valence-corrected chi connectivity index (χ4v) is 6.08. The Labute approximate surface area is 247 Å². The van der Waals surface area contributed by atoms with Crippen LogP contribution in [0.1, 0.15) is 56.8 Å². The molecule has 7 nitrogen and oxygen atoms in total. The molecule has 0 unspecified atom stereocenters. The van der Waals surface area contributed by atoms with Gasteiger partial charge in [0.1, 0.15) is 16.9 Å². The number of amides is 1. The van der Waals surface area contributed by atoms with Crippen molar-refractivity contribution in [1.29, 1.82) is 0 Å². The number of aliphatic imine (C=N–C) groups is 1. The van der Waals surface area contributed by atoms with Crippen molar-refractivity contribution in [3.8, 4) is 16.8 Å². The first-order valence-electron chi connectivity index (χ1n) is 13.1. The number of aromatic nitrogens is 4. The number of hydrogen-bond donors (Lipinski definition) is 1. The van der Waals surface area contributed by atoms with Gasteiger partial charge in [-0.3, -0.25) is 19.3 Å². The fourth-order valence-electron chi connectivity index (χ4n) is 4.73. The van der Waals surface area contributed by atoms with Gasteiger partial charge in [0.05, 0.1) is 17.0 Å². The van der Waals surface area contributed by atoms with Crippen LogP contribution in [0.15, 0.2) is 78.0 Å². The third-order valence-electron chi connectivity index (χ3n) is 6.81. The zero-order chi connectivity index (χ0) is 28.5. The largest absolute Gasteiger partial charge is 0.326 e. The van der Waals surface area contributed by atoms with E-state index in [0.29, 0.717) is 16.7 Å². The zero-order valence-corrected chi connectivity index (χ0v) is 24.2. The first-order valence-corrected chi connectivity index (χ1v) is 14.2. The van der Waals surface area contributed by atoms with Crippen LogP contribution in [0.4, 0.5) is 5.69 Å². The summed E-state index contributed by atoms with van der Waals surface area (Å²) in [6.45, 7) is 5.97. The van der Waals surface area contributed by atoms with E-state index in [4.69, 9.17) is 16.6 Å². The molecular weight excluding hydrogens is 552 g/mol. The van der Waals surface area contributed by atoms with Crippen LogP contribution in [0.5, 0.6) is 0 Å². The highest BCUT2D eigenvalue weighted by Gasteiger charge is 2.32. The molecule has 5 aromatic rings. The Balaban J connectivity index is 1.47. The molecule has 0 aliphatic carbocycles. The van der Waals surface area contributed by atoms with Gasteiger partial charge in [0, 0.05) is 39.8 Å². The number of benzene rings is 2. The summed E-state index contributed by atoms with van der Waals surface area (Å²) in [4.78, 5) is 23.5. The van der Waals surface area contributed by atoms with Crippen LogP contribution in [0.25, 0.3) is 5.00 Å². The molecule has 0 spiro atoms. The molecule has 1 N–H and O–H groups in total. The van der Waals surface area contributed by atoms with Crippen LogP contribution in [0, 0.1) is 32.6 Å². The maximum absolute atomic E-state index is 13.3. The second-order valence-corrected chi connectivity index (χ2v) is 11.2. The average molecular weight is 577 g/mol. The van der Waals surface area contributed by atoms with E-state index in [9.17, 15) is 4.79 Å². The van der Waals surface area contributed by atoms with Crippen molar-refractivity contribution >= 4 is 40.2 Å². The van der Waals surface area contributed by atoms with Crippen molar-refractivity contribution in [1.82, 2.24) is 19.7 Å². The highest BCUT2D eigenvalue weighted by molar-refractivity contribution is 7.15. The average Bonchev–Trinajstić information content (AvgIpc) is 3.47. The van der Waals surface area contributed by atoms with E-state index in [1.807, 2.05) is 79.1 Å². The van der Waals surface area contributed by atoms with Gasteiger partial charge < -0.3 is 5.32 Å². The molecule has 1 atom stereocenters. The van der Waals surface area contributed by atoms with E-state index >= 15 is 0 Å². The van der Waals surface area contributed by atoms with Gasteiger partial charge in [-0.05, 0) is 62.7 Å². The lowest BCUT2D eigenvalue weighted by Gasteiger charge is -2.13. The van der Waals surface area contributed by atoms with Gasteiger partial charge in [0.2, 0.25) is 5.91 Å². The van der Waals surface area contributed by atoms with Crippen LogP contribution in [0.2, 0.25) is 5.02 Å². The Morgan fingerprint density at radius 3 is 2.54 bits per heavy atom. The Morgan fingerprint density at radius 1 is 1.02 bits per heavy atom. The number of pyridine rings is 1. The number of fused-ring (bicyclic) bond motifs is 3. The summed E-state index contributed by atoms with van der Waals surface area (Å²) >= 11 is 7.81. The molecule has 0 radical (unpaired) electrons. The lowest BCUT2D eigenvalue weighted by atomic mass is 9.99. The molecule has 1 amide bonds. The van der Waals surface area contributed by atoms with Crippen LogP contribution < -0.4 is 5.32 Å². The molecule has 0 fully saturated rings. The summed E-state index contributed by atoms with van der Waals surface area (Å²) in [6.07, 6.45) is 3.58. The Morgan fingerprint density at radius 2 is 1.80 bits per heavy atom. The smallest absolute Gasteiger partial charge is 0.227 e. The number of carbonyl (C=O) groups is 1. The molecule has 4 heterocycles. The van der Waals surface area contributed by atoms with Gasteiger partial charge in [0.15, 0.2) is 5.82 Å². The molecule has 202 valence electrons. The summed E-state index contributed by atoms with van der Waals surface area (Å²) in [7, 11) is 0. The lowest BCUT2D eigenvalue weighted by molar-refractivity contribution is -0.116. The van der Waals surface area contributed by atoms with E-state index in [0.717, 1.165) is 49.1 Å². The van der Waals surface area contributed by atoms with E-state index in [2.05, 4.69) is 39.3 Å². The minimum Gasteiger partial charge on any atom is -0.326 e. The van der Waals surface area contributed by atoms with Crippen molar-refractivity contribution in [2.45, 2.75) is 33.2 Å². The molecule has 2 aromatic carbocycles. The standard InChI is InChI=1S/C32H25ClN6OS/c1-19-6-13-25(14-7-19)35-28(40)17-26-31-38-37-21(3)39(31)32-29(30(36-26)23-9-11-24(33)12-10-23)20(2)27(41-32)15-8-22-5-4-16-34-18-22/h4-7,9-14,16,18,26H,17H2,1-3H3,(H,35,40)/t26-/m0/s1. The highest BCUT2D eigenvalue weighted by atomic mass is 35.5. The second kappa shape index (κ2) is 11.1. The molecule has 9 heteroatoms. The van der Waals surface area contributed by atoms with E-state index < -0.39 is 6.04 Å². The van der Waals surface area contributed by atoms with Crippen molar-refractivity contribution < 1.29 is 4.79 Å². The number of halogens is 1. The number of nitrogens with zero attached hydrogens (tertiary/aromatic N) is 5. The van der Waals surface area contributed by atoms with Crippen LogP contribution in [0.3, 0.4) is 0 Å². The number of rotatable bonds is 4. The first kappa shape index (κ1) is 26.6. The Hall–Kier alpha value is -4.58. The van der Waals surface area contributed by atoms with Crippen molar-refractivity contribution in [3.63, 3.8) is 0 Å². The number of anilines is 1. The first-order chi connectivity index (χ1) is 19.9. The molecule has 3 aromatic heterocycles. The predicted molar refractivity (Wildman–Crippen MR) is 163 cm³/mol. The number of aryl methyl sites for hydroxylation is 2. The number of nitrogens with one attached hydrogen (secondary N) is 1. The van der Waals surface area contributed by atoms with E-state index in [1.165, 1.54) is 0 Å². The normalized spacial score (nSPS) is 13.8. The molecule has 0 saturated carbocycles. The van der Waals surface area contributed by atoms with Crippen molar-refractivity contribution in [3.05, 3.63) is 122 Å². The molecular formula is C32H25ClN6OS. The highest BCUT2D eigenvalue weighted by Crippen LogP contribution is 2.39. The summed E-state index contributed by atoms with van der Waals surface area (Å²) in [6, 6.07) is 18.6. The maximum atomic E-state index is 13.3. The Kier molecular flexibility index (Phi) is 7.23. The molecule has 1 aliphatic rings. The summed E-state index contributed by atoms with van der Waals surface area (Å²) < 4.78 is 2.01. The van der Waals surface area contributed by atoms with Crippen LogP contribution >= 0.6 is 22.9 Å². The maximum Gasteiger partial charge on any atom is 0.227 e. The Bertz CT molecular complexity index is 1840. The van der Waals surface area contributed by atoms with Crippen LogP contribution in [-0.2, 0) is 4.79 Å². The lowest BCUT2D eigenvalue weighted by Crippen LogP contribution is -2.17. The zero-order valence-electron chi connectivity index (χ0n) is 22.6. The number of thiophene rings is 1. The molecule has 6 rings (SSSR count). The monoisotopic (exact) mass is 576 g/mol. The van der Waals surface area contributed by atoms with Gasteiger partial charge in [0.25, 0.3) is 0 Å². The number of hydrogen-bond acceptors (Lipinski definition) is 6. The molecule has 41 heavy (non-hydrogen) atoms. The number of carbonyl (C=O) groups excluding carboxylic acids is 1. The quantitative estimate of drug-likeness (QED) is 0.244. The molecule has 1 aliphatic heterocycles. The topological polar surface area (TPSA) is 85.1 Å². The van der Waals surface area contributed by atoms with Gasteiger partial charge in [-0.25, -0.2) is 0 Å². The molecule has 0 bridgehead atoms. The third-order valence-corrected chi connectivity index (χ3v) is 8.26. The van der Waals surface area contributed by atoms with Gasteiger partial charge >= 0.3 is 0 Å². The summed E-state index contributed by atoms with van der Waals surface area (Å²) in [5.74, 6) is 7.74. The second-order valence-electron chi connectivity index (χ2n) is 9.79. The van der Waals surface area contributed by atoms with E-state index in [1.54, 1.807) is 23.7 Å². The van der Waals surface area contributed by atoms with Crippen molar-refractivity contribution in [2.75, 3.05) is 5.32 Å². The summed E-state index contributed by atoms with van der Waals surface area (Å²) in [5.41, 5.74) is 6.29. The minimum absolute atomic E-state index is 0.102. The van der Waals surface area contributed by atoms with Crippen molar-refractivity contribution in [2.24, 2.45) is 4.99 Å². The van der Waals surface area contributed by atoms with Gasteiger partial charge in [-0.15, -0.1) is 21.5 Å². The van der Waals surface area contributed by atoms with Gasteiger partial charge in [-0.1, -0.05) is 53.3 Å². The molecule has 0 saturated heterocycles. The third kappa shape index (κ3) is 5.42. The fraction of sp³-hybridized carbons (Fsp3) is 0.156. The van der Waals surface area contributed by atoms with E-state index in [-0.39, 0.29) is 12.3 Å². The predicted octanol–water partition coefficient (Wildman–Crippen LogP) is 6.62. The SMILES string of the molecule is Cc1ccc(NC(=O)C[C@@H]2N=C(c3ccc(Cl)cc3)c3c(sc(C#Cc4cccnc4)c3C)-n3c(C)nnc32)cc1.